The molecule has 12 heteroatoms. The van der Waals surface area contributed by atoms with E-state index >= 15 is 0 Å². The molecule has 0 unspecified atom stereocenters. The van der Waals surface area contributed by atoms with Gasteiger partial charge >= 0.3 is 23.9 Å². The average Bonchev–Trinajstić information content (AvgIpc) is 2.58. The summed E-state index contributed by atoms with van der Waals surface area (Å²) in [4.78, 5) is 49.7. The van der Waals surface area contributed by atoms with Crippen molar-refractivity contribution in [3.63, 3.8) is 0 Å². The van der Waals surface area contributed by atoms with Gasteiger partial charge < -0.3 is 23.7 Å². The molecule has 4 atom stereocenters. The molecule has 2 N–H and O–H groups in total. The topological polar surface area (TPSA) is 159 Å². The van der Waals surface area contributed by atoms with Crippen LogP contribution in [0.4, 0.5) is 0 Å². The minimum atomic E-state index is -1.32. The fraction of sp³-hybridized carbons (Fsp3) is 0.688. The molecule has 12 nitrogen and oxygen atoms in total. The van der Waals surface area contributed by atoms with Crippen LogP contribution in [0.1, 0.15) is 27.7 Å². The molecule has 1 rings (SSSR count). The van der Waals surface area contributed by atoms with Crippen LogP contribution in [0.3, 0.4) is 0 Å². The number of rotatable bonds is 7. The van der Waals surface area contributed by atoms with Crippen LogP contribution in [0.5, 0.6) is 0 Å². The van der Waals surface area contributed by atoms with E-state index in [0.717, 1.165) is 20.8 Å². The Morgan fingerprint density at radius 2 is 1.61 bits per heavy atom. The lowest BCUT2D eigenvalue weighted by Gasteiger charge is -2.40. The Balaban J connectivity index is 3.18. The summed E-state index contributed by atoms with van der Waals surface area (Å²) in [6.07, 6.45) is -4.85. The van der Waals surface area contributed by atoms with Crippen LogP contribution in [-0.2, 0) is 42.9 Å². The van der Waals surface area contributed by atoms with E-state index in [9.17, 15) is 24.4 Å². The van der Waals surface area contributed by atoms with Gasteiger partial charge in [-0.1, -0.05) is 0 Å². The first-order chi connectivity index (χ1) is 13.2. The van der Waals surface area contributed by atoms with Gasteiger partial charge in [0, 0.05) is 20.8 Å². The Labute approximate surface area is 161 Å². The second kappa shape index (κ2) is 11.2. The number of ether oxygens (including phenoxy) is 5. The second-order valence-electron chi connectivity index (χ2n) is 5.67. The SMILES string of the molecule is CCOC(=O)CN=C(NO)[C@@H]1OC[C@@H](OC(C)=O)[C@H](OC(C)=O)[C@H]1OC(C)=O. The molecule has 0 aliphatic carbocycles. The summed E-state index contributed by atoms with van der Waals surface area (Å²) < 4.78 is 25.7. The lowest BCUT2D eigenvalue weighted by Crippen LogP contribution is -2.61. The van der Waals surface area contributed by atoms with Crippen LogP contribution in [-0.4, -0.2) is 79.1 Å². The van der Waals surface area contributed by atoms with Crippen LogP contribution < -0.4 is 5.48 Å². The molecule has 0 bridgehead atoms. The molecule has 0 saturated carbocycles. The van der Waals surface area contributed by atoms with E-state index in [1.807, 2.05) is 0 Å². The zero-order chi connectivity index (χ0) is 21.3. The average molecular weight is 404 g/mol. The zero-order valence-electron chi connectivity index (χ0n) is 16.0. The van der Waals surface area contributed by atoms with Gasteiger partial charge in [0.15, 0.2) is 30.3 Å². The largest absolute Gasteiger partial charge is 0.465 e. The van der Waals surface area contributed by atoms with Crippen molar-refractivity contribution in [3.8, 4) is 0 Å². The molecule has 1 heterocycles. The van der Waals surface area contributed by atoms with Crippen LogP contribution in [0.25, 0.3) is 0 Å². The molecule has 1 fully saturated rings. The summed E-state index contributed by atoms with van der Waals surface area (Å²) in [6, 6.07) is 0. The van der Waals surface area contributed by atoms with Crippen LogP contribution in [0.2, 0.25) is 0 Å². The minimum Gasteiger partial charge on any atom is -0.465 e. The van der Waals surface area contributed by atoms with Gasteiger partial charge in [-0.3, -0.25) is 34.9 Å². The van der Waals surface area contributed by atoms with E-state index in [1.54, 1.807) is 12.4 Å². The lowest BCUT2D eigenvalue weighted by atomic mass is 9.98. The van der Waals surface area contributed by atoms with Gasteiger partial charge in [0.1, 0.15) is 6.54 Å². The number of amidine groups is 1. The third-order valence-electron chi connectivity index (χ3n) is 3.42. The fourth-order valence-electron chi connectivity index (χ4n) is 2.52. The first-order valence-corrected chi connectivity index (χ1v) is 8.42. The summed E-state index contributed by atoms with van der Waals surface area (Å²) >= 11 is 0. The maximum absolute atomic E-state index is 11.6. The van der Waals surface area contributed by atoms with E-state index in [-0.39, 0.29) is 19.0 Å². The molecule has 0 aromatic rings. The summed E-state index contributed by atoms with van der Waals surface area (Å²) in [6.45, 7) is 4.45. The van der Waals surface area contributed by atoms with Gasteiger partial charge in [-0.2, -0.15) is 0 Å². The quantitative estimate of drug-likeness (QED) is 0.178. The third-order valence-corrected chi connectivity index (χ3v) is 3.42. The van der Waals surface area contributed by atoms with Gasteiger partial charge in [-0.15, -0.1) is 0 Å². The van der Waals surface area contributed by atoms with E-state index in [0.29, 0.717) is 0 Å². The molecular weight excluding hydrogens is 380 g/mol. The number of nitrogens with one attached hydrogen (secondary N) is 1. The molecular formula is C16H24N2O10. The molecule has 0 radical (unpaired) electrons. The van der Waals surface area contributed by atoms with Crippen molar-refractivity contribution in [1.29, 1.82) is 0 Å². The third kappa shape index (κ3) is 7.12. The minimum absolute atomic E-state index is 0.144. The van der Waals surface area contributed by atoms with Gasteiger partial charge in [0.05, 0.1) is 13.2 Å². The fourth-order valence-corrected chi connectivity index (χ4v) is 2.52. The van der Waals surface area contributed by atoms with Crippen molar-refractivity contribution < 1.29 is 48.1 Å². The predicted molar refractivity (Wildman–Crippen MR) is 90.3 cm³/mol. The summed E-state index contributed by atoms with van der Waals surface area (Å²) in [7, 11) is 0. The molecule has 1 saturated heterocycles. The Hall–Kier alpha value is -2.73. The molecule has 0 amide bonds. The second-order valence-corrected chi connectivity index (χ2v) is 5.67. The van der Waals surface area contributed by atoms with Crippen molar-refractivity contribution in [2.75, 3.05) is 19.8 Å². The summed E-state index contributed by atoms with van der Waals surface area (Å²) in [5.41, 5.74) is 1.78. The normalized spacial score (nSPS) is 24.7. The molecule has 158 valence electrons. The van der Waals surface area contributed by atoms with E-state index < -0.39 is 54.8 Å². The Bertz CT molecular complexity index is 621. The molecule has 0 aromatic carbocycles. The smallest absolute Gasteiger partial charge is 0.327 e. The number of carbonyl (C=O) groups excluding carboxylic acids is 4. The van der Waals surface area contributed by atoms with Crippen molar-refractivity contribution >= 4 is 29.7 Å². The monoisotopic (exact) mass is 404 g/mol. The Morgan fingerprint density at radius 1 is 1.04 bits per heavy atom. The molecule has 0 aromatic heterocycles. The predicted octanol–water partition coefficient (Wildman–Crippen LogP) is -0.879. The van der Waals surface area contributed by atoms with Crippen LogP contribution >= 0.6 is 0 Å². The number of aliphatic imine (C=N–C) groups is 1. The van der Waals surface area contributed by atoms with Gasteiger partial charge in [-0.05, 0) is 6.92 Å². The highest BCUT2D eigenvalue weighted by molar-refractivity contribution is 5.88. The highest BCUT2D eigenvalue weighted by Gasteiger charge is 2.48. The van der Waals surface area contributed by atoms with Crippen molar-refractivity contribution in [3.05, 3.63) is 0 Å². The Kier molecular flexibility index (Phi) is 9.32. The van der Waals surface area contributed by atoms with Gasteiger partial charge in [-0.25, -0.2) is 0 Å². The highest BCUT2D eigenvalue weighted by atomic mass is 16.6. The van der Waals surface area contributed by atoms with Gasteiger partial charge in [0.2, 0.25) is 0 Å². The number of nitrogens with zero attached hydrogens (tertiary/aromatic N) is 1. The first kappa shape index (κ1) is 23.3. The van der Waals surface area contributed by atoms with Crippen LogP contribution in [0.15, 0.2) is 4.99 Å². The number of hydrogen-bond acceptors (Lipinski definition) is 11. The number of hydrogen-bond donors (Lipinski definition) is 2. The van der Waals surface area contributed by atoms with Crippen molar-refractivity contribution in [2.24, 2.45) is 4.99 Å². The van der Waals surface area contributed by atoms with E-state index in [1.165, 1.54) is 0 Å². The molecule has 1 aliphatic rings. The van der Waals surface area contributed by atoms with Crippen molar-refractivity contribution in [1.82, 2.24) is 5.48 Å². The van der Waals surface area contributed by atoms with E-state index in [4.69, 9.17) is 23.7 Å². The van der Waals surface area contributed by atoms with E-state index in [2.05, 4.69) is 4.99 Å². The maximum Gasteiger partial charge on any atom is 0.327 e. The Morgan fingerprint density at radius 3 is 2.11 bits per heavy atom. The molecule has 0 spiro atoms. The summed E-state index contributed by atoms with van der Waals surface area (Å²) in [5, 5.41) is 9.41. The van der Waals surface area contributed by atoms with Gasteiger partial charge in [0.25, 0.3) is 0 Å². The standard InChI is InChI=1S/C16H24N2O10/c1-5-24-12(22)6-17-16(18-23)15-14(28-10(4)21)13(27-9(3)20)11(7-25-15)26-8(2)19/h11,13-15,23H,5-7H2,1-4H3,(H,17,18)/t11-,13+,14-,15-/m1/s1. The molecule has 28 heavy (non-hydrogen) atoms. The number of hydroxylamine groups is 1. The first-order valence-electron chi connectivity index (χ1n) is 8.42. The maximum atomic E-state index is 11.6. The van der Waals surface area contributed by atoms with Crippen molar-refractivity contribution in [2.45, 2.75) is 52.1 Å². The summed E-state index contributed by atoms with van der Waals surface area (Å²) in [5.74, 6) is -3.06. The number of carbonyl (C=O) groups is 4. The van der Waals surface area contributed by atoms with Crippen LogP contribution in [0, 0.1) is 0 Å². The number of esters is 4. The highest BCUT2D eigenvalue weighted by Crippen LogP contribution is 2.25. The zero-order valence-corrected chi connectivity index (χ0v) is 16.0. The molecule has 1 aliphatic heterocycles. The lowest BCUT2D eigenvalue weighted by molar-refractivity contribution is -0.217.